The maximum absolute atomic E-state index is 12.3. The lowest BCUT2D eigenvalue weighted by Gasteiger charge is -2.16. The van der Waals surface area contributed by atoms with Crippen molar-refractivity contribution in [2.24, 2.45) is 5.92 Å². The van der Waals surface area contributed by atoms with Gasteiger partial charge in [-0.2, -0.15) is 0 Å². The summed E-state index contributed by atoms with van der Waals surface area (Å²) in [6.07, 6.45) is 1.71. The lowest BCUT2D eigenvalue weighted by molar-refractivity contribution is -0.384. The molecule has 1 amide bonds. The number of H-pyrrole nitrogens is 1. The highest BCUT2D eigenvalue weighted by molar-refractivity contribution is 6.08. The van der Waals surface area contributed by atoms with E-state index in [1.165, 1.54) is 24.4 Å². The molecular weight excluding hydrogens is 302 g/mol. The zero-order chi connectivity index (χ0) is 17.1. The standard InChI is InChI=1S/C15H17N3O5/c1-8(2)5-13(15(20)21)17-14(19)11-7-16-12-4-3-9(18(22)23)6-10(11)12/h3-4,6-8,13,16H,5H2,1-2H3,(H,17,19)(H,20,21). The van der Waals surface area contributed by atoms with Gasteiger partial charge in [-0.05, 0) is 18.4 Å². The van der Waals surface area contributed by atoms with E-state index in [1.54, 1.807) is 0 Å². The molecule has 0 spiro atoms. The van der Waals surface area contributed by atoms with Gasteiger partial charge in [0.25, 0.3) is 11.6 Å². The van der Waals surface area contributed by atoms with Crippen molar-refractivity contribution in [3.63, 3.8) is 0 Å². The number of nitrogens with zero attached hydrogens (tertiary/aromatic N) is 1. The Morgan fingerprint density at radius 1 is 1.39 bits per heavy atom. The SMILES string of the molecule is CC(C)CC(NC(=O)c1c[nH]c2ccc([N+](=O)[O-])cc12)C(=O)O. The molecule has 0 bridgehead atoms. The van der Waals surface area contributed by atoms with Crippen molar-refractivity contribution in [3.8, 4) is 0 Å². The summed E-state index contributed by atoms with van der Waals surface area (Å²) in [5, 5.41) is 22.9. The number of amides is 1. The van der Waals surface area contributed by atoms with Crippen molar-refractivity contribution in [3.05, 3.63) is 40.1 Å². The Kier molecular flexibility index (Phi) is 4.63. The Labute approximate surface area is 131 Å². The number of nitro benzene ring substituents is 1. The fourth-order valence-corrected chi connectivity index (χ4v) is 2.34. The van der Waals surface area contributed by atoms with Gasteiger partial charge in [-0.3, -0.25) is 14.9 Å². The van der Waals surface area contributed by atoms with Crippen LogP contribution in [0.25, 0.3) is 10.9 Å². The molecule has 0 aliphatic rings. The van der Waals surface area contributed by atoms with Gasteiger partial charge in [0.15, 0.2) is 0 Å². The summed E-state index contributed by atoms with van der Waals surface area (Å²) in [7, 11) is 0. The molecule has 23 heavy (non-hydrogen) atoms. The van der Waals surface area contributed by atoms with Crippen LogP contribution in [0.1, 0.15) is 30.6 Å². The summed E-state index contributed by atoms with van der Waals surface area (Å²) in [6.45, 7) is 3.72. The normalized spacial score (nSPS) is 12.3. The molecule has 1 aromatic heterocycles. The first-order valence-corrected chi connectivity index (χ1v) is 7.08. The molecule has 8 heteroatoms. The van der Waals surface area contributed by atoms with Crippen LogP contribution in [-0.2, 0) is 4.79 Å². The molecule has 0 aliphatic carbocycles. The summed E-state index contributed by atoms with van der Waals surface area (Å²) in [5.74, 6) is -1.59. The van der Waals surface area contributed by atoms with E-state index in [4.69, 9.17) is 0 Å². The predicted molar refractivity (Wildman–Crippen MR) is 83.3 cm³/mol. The molecule has 0 fully saturated rings. The lowest BCUT2D eigenvalue weighted by atomic mass is 10.0. The van der Waals surface area contributed by atoms with Gasteiger partial charge < -0.3 is 15.4 Å². The highest BCUT2D eigenvalue weighted by Crippen LogP contribution is 2.23. The first-order valence-electron chi connectivity index (χ1n) is 7.08. The highest BCUT2D eigenvalue weighted by Gasteiger charge is 2.23. The average Bonchev–Trinajstić information content (AvgIpc) is 2.88. The second-order valence-corrected chi connectivity index (χ2v) is 5.68. The van der Waals surface area contributed by atoms with Crippen LogP contribution in [0.2, 0.25) is 0 Å². The monoisotopic (exact) mass is 319 g/mol. The van der Waals surface area contributed by atoms with Gasteiger partial charge in [0.1, 0.15) is 6.04 Å². The molecule has 2 aromatic rings. The number of carboxylic acids is 1. The molecule has 0 aliphatic heterocycles. The maximum Gasteiger partial charge on any atom is 0.326 e. The van der Waals surface area contributed by atoms with Crippen molar-refractivity contribution < 1.29 is 19.6 Å². The molecule has 1 heterocycles. The van der Waals surface area contributed by atoms with Crippen molar-refractivity contribution in [2.75, 3.05) is 0 Å². The molecule has 2 rings (SSSR count). The second-order valence-electron chi connectivity index (χ2n) is 5.68. The first kappa shape index (κ1) is 16.5. The number of hydrogen-bond donors (Lipinski definition) is 3. The summed E-state index contributed by atoms with van der Waals surface area (Å²) in [5.41, 5.74) is 0.610. The Morgan fingerprint density at radius 3 is 2.65 bits per heavy atom. The zero-order valence-electron chi connectivity index (χ0n) is 12.7. The molecule has 1 aromatic carbocycles. The van der Waals surface area contributed by atoms with E-state index >= 15 is 0 Å². The summed E-state index contributed by atoms with van der Waals surface area (Å²) in [4.78, 5) is 36.7. The zero-order valence-corrected chi connectivity index (χ0v) is 12.7. The molecule has 0 saturated carbocycles. The van der Waals surface area contributed by atoms with Crippen molar-refractivity contribution in [1.29, 1.82) is 0 Å². The van der Waals surface area contributed by atoms with Gasteiger partial charge in [0.05, 0.1) is 10.5 Å². The second kappa shape index (κ2) is 6.47. The number of carboxylic acid groups (broad SMARTS) is 1. The number of aliphatic carboxylic acids is 1. The Hall–Kier alpha value is -2.90. The molecular formula is C15H17N3O5. The van der Waals surface area contributed by atoms with Crippen LogP contribution >= 0.6 is 0 Å². The van der Waals surface area contributed by atoms with E-state index < -0.39 is 22.8 Å². The molecule has 122 valence electrons. The van der Waals surface area contributed by atoms with Crippen LogP contribution in [0, 0.1) is 16.0 Å². The maximum atomic E-state index is 12.3. The molecule has 0 saturated heterocycles. The fraction of sp³-hybridized carbons (Fsp3) is 0.333. The van der Waals surface area contributed by atoms with Gasteiger partial charge in [0.2, 0.25) is 0 Å². The van der Waals surface area contributed by atoms with Crippen molar-refractivity contribution >= 4 is 28.5 Å². The van der Waals surface area contributed by atoms with E-state index in [9.17, 15) is 24.8 Å². The summed E-state index contributed by atoms with van der Waals surface area (Å²) < 4.78 is 0. The molecule has 3 N–H and O–H groups in total. The van der Waals surface area contributed by atoms with Crippen molar-refractivity contribution in [1.82, 2.24) is 10.3 Å². The highest BCUT2D eigenvalue weighted by atomic mass is 16.6. The van der Waals surface area contributed by atoms with Crippen molar-refractivity contribution in [2.45, 2.75) is 26.3 Å². The Morgan fingerprint density at radius 2 is 2.09 bits per heavy atom. The third-order valence-corrected chi connectivity index (χ3v) is 3.43. The minimum Gasteiger partial charge on any atom is -0.480 e. The van der Waals surface area contributed by atoms with Gasteiger partial charge >= 0.3 is 5.97 Å². The van der Waals surface area contributed by atoms with E-state index in [2.05, 4.69) is 10.3 Å². The number of aromatic nitrogens is 1. The fourth-order valence-electron chi connectivity index (χ4n) is 2.34. The van der Waals surface area contributed by atoms with Crippen LogP contribution in [0.5, 0.6) is 0 Å². The van der Waals surface area contributed by atoms with Gasteiger partial charge in [-0.25, -0.2) is 4.79 Å². The van der Waals surface area contributed by atoms with Crippen LogP contribution in [-0.4, -0.2) is 32.9 Å². The van der Waals surface area contributed by atoms with Crippen LogP contribution < -0.4 is 5.32 Å². The number of benzene rings is 1. The number of hydrogen-bond acceptors (Lipinski definition) is 4. The lowest BCUT2D eigenvalue weighted by Crippen LogP contribution is -2.41. The Balaban J connectivity index is 2.31. The van der Waals surface area contributed by atoms with Crippen LogP contribution in [0.4, 0.5) is 5.69 Å². The number of nitrogens with one attached hydrogen (secondary N) is 2. The largest absolute Gasteiger partial charge is 0.480 e. The topological polar surface area (TPSA) is 125 Å². The molecule has 0 radical (unpaired) electrons. The predicted octanol–water partition coefficient (Wildman–Crippen LogP) is 2.31. The summed E-state index contributed by atoms with van der Waals surface area (Å²) in [6, 6.07) is 3.12. The van der Waals surface area contributed by atoms with E-state index in [0.29, 0.717) is 17.3 Å². The smallest absolute Gasteiger partial charge is 0.326 e. The molecule has 1 atom stereocenters. The number of nitro groups is 1. The van der Waals surface area contributed by atoms with Gasteiger partial charge in [-0.1, -0.05) is 13.8 Å². The van der Waals surface area contributed by atoms with Gasteiger partial charge in [-0.15, -0.1) is 0 Å². The van der Waals surface area contributed by atoms with Crippen LogP contribution in [0.15, 0.2) is 24.4 Å². The first-order chi connectivity index (χ1) is 10.8. The quantitative estimate of drug-likeness (QED) is 0.556. The van der Waals surface area contributed by atoms with E-state index in [-0.39, 0.29) is 17.2 Å². The third-order valence-electron chi connectivity index (χ3n) is 3.43. The Bertz CT molecular complexity index is 766. The number of fused-ring (bicyclic) bond motifs is 1. The number of rotatable bonds is 6. The van der Waals surface area contributed by atoms with Crippen LogP contribution in [0.3, 0.4) is 0 Å². The number of non-ortho nitro benzene ring substituents is 1. The number of aromatic amines is 1. The minimum absolute atomic E-state index is 0.0976. The van der Waals surface area contributed by atoms with E-state index in [1.807, 2.05) is 13.8 Å². The minimum atomic E-state index is -1.11. The third kappa shape index (κ3) is 3.65. The molecule has 8 nitrogen and oxygen atoms in total. The summed E-state index contributed by atoms with van der Waals surface area (Å²) >= 11 is 0. The average molecular weight is 319 g/mol. The number of carbonyl (C=O) groups excluding carboxylic acids is 1. The number of carbonyl (C=O) groups is 2. The van der Waals surface area contributed by atoms with Gasteiger partial charge in [0, 0.05) is 29.2 Å². The van der Waals surface area contributed by atoms with E-state index in [0.717, 1.165) is 0 Å². The molecule has 1 unspecified atom stereocenters.